The lowest BCUT2D eigenvalue weighted by Crippen LogP contribution is -2.11. The van der Waals surface area contributed by atoms with Gasteiger partial charge in [-0.2, -0.15) is 0 Å². The standard InChI is InChI=1S/C9H19NS/c1-8(2,3)10-7-11-9(4,5)6/h7H,1-6H3. The van der Waals surface area contributed by atoms with Gasteiger partial charge in [0.2, 0.25) is 0 Å². The molecule has 0 bridgehead atoms. The SMILES string of the molecule is CC(C)(C)N=CSC(C)(C)C. The topological polar surface area (TPSA) is 12.4 Å². The molecule has 0 unspecified atom stereocenters. The summed E-state index contributed by atoms with van der Waals surface area (Å²) in [5.74, 6) is 0. The van der Waals surface area contributed by atoms with E-state index in [0.717, 1.165) is 0 Å². The first-order chi connectivity index (χ1) is 4.71. The van der Waals surface area contributed by atoms with E-state index in [1.807, 2.05) is 5.55 Å². The quantitative estimate of drug-likeness (QED) is 0.437. The summed E-state index contributed by atoms with van der Waals surface area (Å²) in [4.78, 5) is 4.38. The van der Waals surface area contributed by atoms with Gasteiger partial charge in [-0.3, -0.25) is 4.99 Å². The molecule has 0 atom stereocenters. The number of aliphatic imine (C=N–C) groups is 1. The van der Waals surface area contributed by atoms with Gasteiger partial charge < -0.3 is 0 Å². The fraction of sp³-hybridized carbons (Fsp3) is 0.889. The van der Waals surface area contributed by atoms with Gasteiger partial charge in [-0.1, -0.05) is 20.8 Å². The van der Waals surface area contributed by atoms with Crippen LogP contribution >= 0.6 is 11.8 Å². The molecule has 0 rings (SSSR count). The second kappa shape index (κ2) is 3.61. The Morgan fingerprint density at radius 1 is 1.00 bits per heavy atom. The third-order valence-electron chi connectivity index (χ3n) is 0.846. The largest absolute Gasteiger partial charge is 0.281 e. The van der Waals surface area contributed by atoms with Gasteiger partial charge in [-0.15, -0.1) is 11.8 Å². The van der Waals surface area contributed by atoms with Crippen molar-refractivity contribution in [1.82, 2.24) is 0 Å². The van der Waals surface area contributed by atoms with E-state index >= 15 is 0 Å². The van der Waals surface area contributed by atoms with Crippen molar-refractivity contribution in [3.63, 3.8) is 0 Å². The lowest BCUT2D eigenvalue weighted by Gasteiger charge is -2.16. The molecule has 0 aromatic carbocycles. The van der Waals surface area contributed by atoms with Crippen LogP contribution in [0.2, 0.25) is 0 Å². The first-order valence-corrected chi connectivity index (χ1v) is 4.80. The van der Waals surface area contributed by atoms with Crippen molar-refractivity contribution in [2.75, 3.05) is 0 Å². The first kappa shape index (κ1) is 11.0. The normalized spacial score (nSPS) is 14.4. The molecule has 0 saturated heterocycles. The predicted octanol–water partition coefficient (Wildman–Crippen LogP) is 3.34. The highest BCUT2D eigenvalue weighted by Gasteiger charge is 2.10. The van der Waals surface area contributed by atoms with Gasteiger partial charge in [-0.05, 0) is 20.8 Å². The van der Waals surface area contributed by atoms with Crippen molar-refractivity contribution in [3.05, 3.63) is 0 Å². The summed E-state index contributed by atoms with van der Waals surface area (Å²) in [5, 5.41) is 0. The summed E-state index contributed by atoms with van der Waals surface area (Å²) >= 11 is 1.77. The van der Waals surface area contributed by atoms with Crippen molar-refractivity contribution >= 4 is 17.3 Å². The molecule has 0 spiro atoms. The zero-order valence-corrected chi connectivity index (χ0v) is 9.25. The maximum Gasteiger partial charge on any atom is 0.0552 e. The molecular formula is C9H19NS. The van der Waals surface area contributed by atoms with Gasteiger partial charge in [0, 0.05) is 4.75 Å². The molecular weight excluding hydrogens is 154 g/mol. The molecule has 66 valence electrons. The van der Waals surface area contributed by atoms with Gasteiger partial charge in [-0.25, -0.2) is 0 Å². The van der Waals surface area contributed by atoms with Gasteiger partial charge in [0.15, 0.2) is 0 Å². The third-order valence-corrected chi connectivity index (χ3v) is 1.76. The van der Waals surface area contributed by atoms with E-state index in [-0.39, 0.29) is 10.3 Å². The summed E-state index contributed by atoms with van der Waals surface area (Å²) in [6.45, 7) is 12.9. The van der Waals surface area contributed by atoms with Crippen LogP contribution in [0.15, 0.2) is 4.99 Å². The molecule has 1 nitrogen and oxygen atoms in total. The van der Waals surface area contributed by atoms with Gasteiger partial charge in [0.25, 0.3) is 0 Å². The molecule has 0 N–H and O–H groups in total. The van der Waals surface area contributed by atoms with Crippen molar-refractivity contribution in [3.8, 4) is 0 Å². The Kier molecular flexibility index (Phi) is 3.62. The average Bonchev–Trinajstić information content (AvgIpc) is 1.55. The van der Waals surface area contributed by atoms with E-state index in [0.29, 0.717) is 0 Å². The number of hydrogen-bond acceptors (Lipinski definition) is 2. The molecule has 0 aliphatic rings. The van der Waals surface area contributed by atoms with Crippen molar-refractivity contribution in [2.24, 2.45) is 4.99 Å². The Balaban J connectivity index is 3.80. The molecule has 0 amide bonds. The summed E-state index contributed by atoms with van der Waals surface area (Å²) in [7, 11) is 0. The lowest BCUT2D eigenvalue weighted by atomic mass is 10.1. The highest BCUT2D eigenvalue weighted by molar-refractivity contribution is 8.13. The van der Waals surface area contributed by atoms with Crippen LogP contribution in [0, 0.1) is 0 Å². The second-order valence-corrected chi connectivity index (χ2v) is 6.31. The van der Waals surface area contributed by atoms with E-state index in [4.69, 9.17) is 0 Å². The van der Waals surface area contributed by atoms with E-state index < -0.39 is 0 Å². The molecule has 0 aliphatic carbocycles. The summed E-state index contributed by atoms with van der Waals surface area (Å²) in [6.07, 6.45) is 0. The maximum atomic E-state index is 4.38. The fourth-order valence-electron chi connectivity index (χ4n) is 0.343. The van der Waals surface area contributed by atoms with Crippen LogP contribution in [0.25, 0.3) is 0 Å². The van der Waals surface area contributed by atoms with Crippen LogP contribution in [0.4, 0.5) is 0 Å². The molecule has 0 saturated carbocycles. The highest BCUT2D eigenvalue weighted by Crippen LogP contribution is 2.21. The van der Waals surface area contributed by atoms with Crippen molar-refractivity contribution < 1.29 is 0 Å². The first-order valence-electron chi connectivity index (χ1n) is 3.92. The molecule has 11 heavy (non-hydrogen) atoms. The van der Waals surface area contributed by atoms with Gasteiger partial charge in [0.05, 0.1) is 11.1 Å². The number of thioether (sulfide) groups is 1. The highest BCUT2D eigenvalue weighted by atomic mass is 32.2. The minimum Gasteiger partial charge on any atom is -0.281 e. The van der Waals surface area contributed by atoms with Crippen LogP contribution in [0.5, 0.6) is 0 Å². The predicted molar refractivity (Wildman–Crippen MR) is 55.6 cm³/mol. The fourth-order valence-corrected chi connectivity index (χ4v) is 1.03. The molecule has 0 aromatic heterocycles. The Morgan fingerprint density at radius 3 is 1.73 bits per heavy atom. The minimum absolute atomic E-state index is 0.0677. The molecule has 0 heterocycles. The van der Waals surface area contributed by atoms with E-state index in [9.17, 15) is 0 Å². The van der Waals surface area contributed by atoms with E-state index in [1.165, 1.54) is 0 Å². The zero-order chi connectivity index (χ0) is 9.12. The van der Waals surface area contributed by atoms with Crippen molar-refractivity contribution in [1.29, 1.82) is 0 Å². The Morgan fingerprint density at radius 2 is 1.45 bits per heavy atom. The summed E-state index contributed by atoms with van der Waals surface area (Å²) in [5.41, 5.74) is 2.03. The zero-order valence-electron chi connectivity index (χ0n) is 8.43. The van der Waals surface area contributed by atoms with Gasteiger partial charge in [0.1, 0.15) is 0 Å². The third kappa shape index (κ3) is 10.0. The molecule has 0 aliphatic heterocycles. The van der Waals surface area contributed by atoms with Crippen LogP contribution < -0.4 is 0 Å². The molecule has 2 heteroatoms. The Bertz CT molecular complexity index is 137. The van der Waals surface area contributed by atoms with Crippen LogP contribution in [0.3, 0.4) is 0 Å². The van der Waals surface area contributed by atoms with Crippen LogP contribution in [0.1, 0.15) is 41.5 Å². The molecule has 0 radical (unpaired) electrons. The lowest BCUT2D eigenvalue weighted by molar-refractivity contribution is 0.588. The molecule has 0 aromatic rings. The Labute approximate surface area is 74.7 Å². The van der Waals surface area contributed by atoms with E-state index in [2.05, 4.69) is 46.5 Å². The van der Waals surface area contributed by atoms with Crippen LogP contribution in [-0.2, 0) is 0 Å². The second-order valence-electron chi connectivity index (χ2n) is 4.64. The van der Waals surface area contributed by atoms with Crippen molar-refractivity contribution in [2.45, 2.75) is 51.8 Å². The smallest absolute Gasteiger partial charge is 0.0552 e. The molecule has 0 fully saturated rings. The maximum absolute atomic E-state index is 4.38. The van der Waals surface area contributed by atoms with Gasteiger partial charge >= 0.3 is 0 Å². The van der Waals surface area contributed by atoms with E-state index in [1.54, 1.807) is 11.8 Å². The Hall–Kier alpha value is 0.0200. The number of hydrogen-bond donors (Lipinski definition) is 0. The van der Waals surface area contributed by atoms with Crippen LogP contribution in [-0.4, -0.2) is 15.8 Å². The monoisotopic (exact) mass is 173 g/mol. The minimum atomic E-state index is 0.0677. The number of nitrogens with zero attached hydrogens (tertiary/aromatic N) is 1. The number of rotatable bonds is 1. The summed E-state index contributed by atoms with van der Waals surface area (Å²) in [6, 6.07) is 0. The summed E-state index contributed by atoms with van der Waals surface area (Å²) < 4.78 is 0.286. The average molecular weight is 173 g/mol.